The average molecular weight is 281 g/mol. The van der Waals surface area contributed by atoms with Gasteiger partial charge in [0.2, 0.25) is 0 Å². The second-order valence-corrected chi connectivity index (χ2v) is 4.57. The lowest BCUT2D eigenvalue weighted by molar-refractivity contribution is 0.713. The van der Waals surface area contributed by atoms with Crippen molar-refractivity contribution in [3.8, 4) is 0 Å². The lowest BCUT2D eigenvalue weighted by Gasteiger charge is -2.07. The molecule has 0 aliphatic rings. The molecule has 84 valence electrons. The van der Waals surface area contributed by atoms with Gasteiger partial charge in [-0.05, 0) is 40.5 Å². The summed E-state index contributed by atoms with van der Waals surface area (Å²) in [4.78, 5) is 0. The highest BCUT2D eigenvalue weighted by Crippen LogP contribution is 2.23. The van der Waals surface area contributed by atoms with Gasteiger partial charge in [0.1, 0.15) is 5.69 Å². The summed E-state index contributed by atoms with van der Waals surface area (Å²) in [7, 11) is 1.86. The van der Waals surface area contributed by atoms with Crippen molar-refractivity contribution in [2.75, 3.05) is 5.32 Å². The summed E-state index contributed by atoms with van der Waals surface area (Å²) in [5, 5.41) is 11.2. The molecule has 0 unspecified atom stereocenters. The summed E-state index contributed by atoms with van der Waals surface area (Å²) in [5.74, 6) is 0. The molecular weight excluding hydrogens is 268 g/mol. The van der Waals surface area contributed by atoms with E-state index in [0.29, 0.717) is 6.54 Å². The third-order valence-electron chi connectivity index (χ3n) is 2.23. The third kappa shape index (κ3) is 2.61. The van der Waals surface area contributed by atoms with Crippen LogP contribution in [-0.4, -0.2) is 15.0 Å². The van der Waals surface area contributed by atoms with Crippen molar-refractivity contribution in [1.29, 1.82) is 0 Å². The fourth-order valence-corrected chi connectivity index (χ4v) is 2.06. The predicted octanol–water partition coefficient (Wildman–Crippen LogP) is 2.50. The summed E-state index contributed by atoms with van der Waals surface area (Å²) in [6.07, 6.45) is 1.90. The topological polar surface area (TPSA) is 42.7 Å². The normalized spacial score (nSPS) is 10.4. The van der Waals surface area contributed by atoms with Gasteiger partial charge in [-0.25, -0.2) is 0 Å². The van der Waals surface area contributed by atoms with Crippen molar-refractivity contribution in [2.24, 2.45) is 7.05 Å². The molecule has 0 aliphatic carbocycles. The zero-order valence-corrected chi connectivity index (χ0v) is 10.8. The molecule has 4 nitrogen and oxygen atoms in total. The standard InChI is InChI=1S/C11H13BrN4/c1-8-3-4-11(10(12)5-8)13-6-9-7-16(2)15-14-9/h3-5,7,13H,6H2,1-2H3. The Morgan fingerprint density at radius 1 is 1.44 bits per heavy atom. The van der Waals surface area contributed by atoms with Crippen LogP contribution in [0, 0.1) is 6.92 Å². The van der Waals surface area contributed by atoms with E-state index in [1.54, 1.807) is 4.68 Å². The molecule has 1 aromatic carbocycles. The summed E-state index contributed by atoms with van der Waals surface area (Å²) in [6, 6.07) is 6.21. The van der Waals surface area contributed by atoms with Gasteiger partial charge >= 0.3 is 0 Å². The van der Waals surface area contributed by atoms with Crippen LogP contribution in [0.5, 0.6) is 0 Å². The zero-order chi connectivity index (χ0) is 11.5. The van der Waals surface area contributed by atoms with Crippen LogP contribution in [-0.2, 0) is 13.6 Å². The minimum absolute atomic E-state index is 0.676. The van der Waals surface area contributed by atoms with Gasteiger partial charge in [-0.15, -0.1) is 5.10 Å². The summed E-state index contributed by atoms with van der Waals surface area (Å²) in [5.41, 5.74) is 3.23. The Labute approximate surface area is 103 Å². The molecule has 0 spiro atoms. The Morgan fingerprint density at radius 3 is 2.88 bits per heavy atom. The molecule has 0 amide bonds. The number of anilines is 1. The molecule has 0 bridgehead atoms. The number of aromatic nitrogens is 3. The molecule has 0 radical (unpaired) electrons. The Bertz CT molecular complexity index is 492. The smallest absolute Gasteiger partial charge is 0.102 e. The number of nitrogens with zero attached hydrogens (tertiary/aromatic N) is 3. The SMILES string of the molecule is Cc1ccc(NCc2cn(C)nn2)c(Br)c1. The number of rotatable bonds is 3. The quantitative estimate of drug-likeness (QED) is 0.940. The fraction of sp³-hybridized carbons (Fsp3) is 0.273. The first-order valence-electron chi connectivity index (χ1n) is 5.00. The van der Waals surface area contributed by atoms with Crippen molar-refractivity contribution in [2.45, 2.75) is 13.5 Å². The van der Waals surface area contributed by atoms with Gasteiger partial charge < -0.3 is 5.32 Å². The van der Waals surface area contributed by atoms with Gasteiger partial charge in [0.05, 0.1) is 6.54 Å². The average Bonchev–Trinajstić information content (AvgIpc) is 2.63. The molecule has 1 aromatic heterocycles. The molecular formula is C11H13BrN4. The summed E-state index contributed by atoms with van der Waals surface area (Å²) in [6.45, 7) is 2.74. The van der Waals surface area contributed by atoms with E-state index in [0.717, 1.165) is 15.9 Å². The van der Waals surface area contributed by atoms with Crippen LogP contribution in [0.2, 0.25) is 0 Å². The summed E-state index contributed by atoms with van der Waals surface area (Å²) >= 11 is 3.52. The maximum Gasteiger partial charge on any atom is 0.102 e. The minimum atomic E-state index is 0.676. The second kappa shape index (κ2) is 4.65. The highest BCUT2D eigenvalue weighted by Gasteiger charge is 2.01. The van der Waals surface area contributed by atoms with Gasteiger partial charge in [0, 0.05) is 23.4 Å². The van der Waals surface area contributed by atoms with Crippen molar-refractivity contribution < 1.29 is 0 Å². The van der Waals surface area contributed by atoms with E-state index in [4.69, 9.17) is 0 Å². The Hall–Kier alpha value is -1.36. The van der Waals surface area contributed by atoms with Crippen LogP contribution in [0.15, 0.2) is 28.9 Å². The number of nitrogens with one attached hydrogen (secondary N) is 1. The number of halogens is 1. The number of hydrogen-bond donors (Lipinski definition) is 1. The Balaban J connectivity index is 2.04. The molecule has 16 heavy (non-hydrogen) atoms. The molecule has 2 aromatic rings. The first kappa shape index (κ1) is 11.1. The highest BCUT2D eigenvalue weighted by molar-refractivity contribution is 9.10. The molecule has 1 N–H and O–H groups in total. The van der Waals surface area contributed by atoms with Crippen molar-refractivity contribution in [1.82, 2.24) is 15.0 Å². The van der Waals surface area contributed by atoms with E-state index in [9.17, 15) is 0 Å². The van der Waals surface area contributed by atoms with Crippen molar-refractivity contribution >= 4 is 21.6 Å². The molecule has 0 fully saturated rings. The van der Waals surface area contributed by atoms with Gasteiger partial charge in [-0.3, -0.25) is 4.68 Å². The van der Waals surface area contributed by atoms with E-state index in [-0.39, 0.29) is 0 Å². The molecule has 1 heterocycles. The minimum Gasteiger partial charge on any atom is -0.378 e. The van der Waals surface area contributed by atoms with Crippen LogP contribution in [0.25, 0.3) is 0 Å². The molecule has 0 saturated carbocycles. The van der Waals surface area contributed by atoms with Crippen LogP contribution < -0.4 is 5.32 Å². The lowest BCUT2D eigenvalue weighted by Crippen LogP contribution is -2.00. The highest BCUT2D eigenvalue weighted by atomic mass is 79.9. The van der Waals surface area contributed by atoms with E-state index < -0.39 is 0 Å². The summed E-state index contributed by atoms with van der Waals surface area (Å²) < 4.78 is 2.76. The Morgan fingerprint density at radius 2 is 2.25 bits per heavy atom. The zero-order valence-electron chi connectivity index (χ0n) is 9.24. The number of hydrogen-bond acceptors (Lipinski definition) is 3. The van der Waals surface area contributed by atoms with E-state index in [1.807, 2.05) is 13.2 Å². The van der Waals surface area contributed by atoms with Crippen molar-refractivity contribution in [3.63, 3.8) is 0 Å². The lowest BCUT2D eigenvalue weighted by atomic mass is 10.2. The van der Waals surface area contributed by atoms with E-state index in [1.165, 1.54) is 5.56 Å². The number of benzene rings is 1. The van der Waals surface area contributed by atoms with Gasteiger partial charge in [-0.1, -0.05) is 11.3 Å². The predicted molar refractivity (Wildman–Crippen MR) is 67.2 cm³/mol. The van der Waals surface area contributed by atoms with Crippen LogP contribution >= 0.6 is 15.9 Å². The van der Waals surface area contributed by atoms with E-state index >= 15 is 0 Å². The maximum absolute atomic E-state index is 4.01. The molecule has 0 saturated heterocycles. The van der Waals surface area contributed by atoms with Gasteiger partial charge in [-0.2, -0.15) is 0 Å². The second-order valence-electron chi connectivity index (χ2n) is 3.72. The van der Waals surface area contributed by atoms with Gasteiger partial charge in [0.25, 0.3) is 0 Å². The fourth-order valence-electron chi connectivity index (χ4n) is 1.43. The van der Waals surface area contributed by atoms with Crippen LogP contribution in [0.1, 0.15) is 11.3 Å². The molecule has 0 aliphatic heterocycles. The largest absolute Gasteiger partial charge is 0.378 e. The molecule has 5 heteroatoms. The van der Waals surface area contributed by atoms with E-state index in [2.05, 4.69) is 56.7 Å². The van der Waals surface area contributed by atoms with Gasteiger partial charge in [0.15, 0.2) is 0 Å². The molecule has 2 rings (SSSR count). The third-order valence-corrected chi connectivity index (χ3v) is 2.89. The van der Waals surface area contributed by atoms with Crippen LogP contribution in [0.3, 0.4) is 0 Å². The van der Waals surface area contributed by atoms with Crippen molar-refractivity contribution in [3.05, 3.63) is 40.1 Å². The molecule has 0 atom stereocenters. The first-order chi connectivity index (χ1) is 7.65. The maximum atomic E-state index is 4.01. The monoisotopic (exact) mass is 280 g/mol. The van der Waals surface area contributed by atoms with Crippen LogP contribution in [0.4, 0.5) is 5.69 Å². The first-order valence-corrected chi connectivity index (χ1v) is 5.79. The number of aryl methyl sites for hydroxylation is 2. The Kier molecular flexibility index (Phi) is 3.24.